The van der Waals surface area contributed by atoms with Crippen molar-refractivity contribution in [1.82, 2.24) is 14.8 Å². The van der Waals surface area contributed by atoms with Crippen LogP contribution in [0.3, 0.4) is 0 Å². The Labute approximate surface area is 118 Å². The third-order valence-corrected chi connectivity index (χ3v) is 5.13. The van der Waals surface area contributed by atoms with E-state index >= 15 is 0 Å². The maximum absolute atomic E-state index is 12.2. The van der Waals surface area contributed by atoms with Crippen LogP contribution in [0.15, 0.2) is 21.8 Å². The third kappa shape index (κ3) is 2.58. The van der Waals surface area contributed by atoms with Gasteiger partial charge in [-0.1, -0.05) is 5.16 Å². The molecular weight excluding hydrogens is 304 g/mol. The monoisotopic (exact) mass is 316 g/mol. The van der Waals surface area contributed by atoms with Crippen molar-refractivity contribution in [2.75, 3.05) is 4.72 Å². The predicted octanol–water partition coefficient (Wildman–Crippen LogP) is 0.0803. The summed E-state index contributed by atoms with van der Waals surface area (Å²) < 4.78 is 28.1. The van der Waals surface area contributed by atoms with Gasteiger partial charge in [-0.15, -0.1) is 11.3 Å². The number of nitrogens with one attached hydrogen (secondary N) is 1. The van der Waals surface area contributed by atoms with Gasteiger partial charge in [0, 0.05) is 7.05 Å². The lowest BCUT2D eigenvalue weighted by Crippen LogP contribution is -2.19. The van der Waals surface area contributed by atoms with E-state index in [0.29, 0.717) is 5.01 Å². The van der Waals surface area contributed by atoms with E-state index in [1.54, 1.807) is 6.92 Å². The highest BCUT2D eigenvalue weighted by Crippen LogP contribution is 2.23. The van der Waals surface area contributed by atoms with E-state index in [0.717, 1.165) is 11.3 Å². The summed E-state index contributed by atoms with van der Waals surface area (Å²) >= 11 is 1.04. The number of rotatable bonds is 4. The van der Waals surface area contributed by atoms with Crippen LogP contribution in [0.25, 0.3) is 0 Å². The first-order valence-electron chi connectivity index (χ1n) is 5.30. The molecule has 0 unspecified atom stereocenters. The van der Waals surface area contributed by atoms with Crippen LogP contribution in [0, 0.1) is 6.92 Å². The van der Waals surface area contributed by atoms with Crippen LogP contribution >= 0.6 is 11.3 Å². The molecule has 11 heteroatoms. The fourth-order valence-electron chi connectivity index (χ4n) is 1.44. The van der Waals surface area contributed by atoms with Gasteiger partial charge in [-0.2, -0.15) is 5.10 Å². The first-order valence-corrected chi connectivity index (χ1v) is 7.60. The quantitative estimate of drug-likeness (QED) is 0.316. The highest BCUT2D eigenvalue weighted by atomic mass is 32.2. The summed E-state index contributed by atoms with van der Waals surface area (Å²) in [5.41, 5.74) is 5.65. The van der Waals surface area contributed by atoms with Gasteiger partial charge in [0.2, 0.25) is 0 Å². The van der Waals surface area contributed by atoms with Crippen LogP contribution in [0.2, 0.25) is 0 Å². The highest BCUT2D eigenvalue weighted by molar-refractivity contribution is 7.94. The minimum absolute atomic E-state index is 0.0710. The van der Waals surface area contributed by atoms with Gasteiger partial charge in [0.15, 0.2) is 10.0 Å². The number of thiazole rings is 1. The molecule has 0 amide bonds. The molecule has 0 atom stereocenters. The molecule has 0 aliphatic carbocycles. The van der Waals surface area contributed by atoms with Gasteiger partial charge in [0.1, 0.15) is 5.82 Å². The molecule has 0 radical (unpaired) electrons. The average molecular weight is 316 g/mol. The topological polar surface area (TPSA) is 135 Å². The zero-order valence-corrected chi connectivity index (χ0v) is 12.2. The van der Waals surface area contributed by atoms with Crippen LogP contribution in [0.1, 0.15) is 10.6 Å². The van der Waals surface area contributed by atoms with Crippen molar-refractivity contribution in [2.24, 2.45) is 17.9 Å². The van der Waals surface area contributed by atoms with Crippen LogP contribution in [0.5, 0.6) is 0 Å². The molecule has 2 rings (SSSR count). The molecule has 20 heavy (non-hydrogen) atoms. The summed E-state index contributed by atoms with van der Waals surface area (Å²) in [5, 5.41) is 16.0. The molecule has 0 aliphatic rings. The van der Waals surface area contributed by atoms with E-state index in [-0.39, 0.29) is 21.4 Å². The summed E-state index contributed by atoms with van der Waals surface area (Å²) in [6.07, 6.45) is 2.56. The Morgan fingerprint density at radius 1 is 1.55 bits per heavy atom. The Kier molecular flexibility index (Phi) is 3.63. The van der Waals surface area contributed by atoms with E-state index in [1.807, 2.05) is 0 Å². The molecule has 9 nitrogen and oxygen atoms in total. The normalized spacial score (nSPS) is 12.6. The number of aryl methyl sites for hydroxylation is 2. The fourth-order valence-corrected chi connectivity index (χ4v) is 3.66. The Hall–Kier alpha value is -2.14. The maximum Gasteiger partial charge on any atom is 0.274 e. The number of nitrogens with zero attached hydrogens (tertiary/aromatic N) is 4. The van der Waals surface area contributed by atoms with Crippen molar-refractivity contribution < 1.29 is 13.6 Å². The minimum atomic E-state index is -3.80. The van der Waals surface area contributed by atoms with E-state index in [1.165, 1.54) is 24.1 Å². The average Bonchev–Trinajstić information content (AvgIpc) is 2.97. The summed E-state index contributed by atoms with van der Waals surface area (Å²) in [5.74, 6) is -0.136. The van der Waals surface area contributed by atoms with E-state index in [2.05, 4.69) is 20.0 Å². The molecule has 0 saturated carbocycles. The van der Waals surface area contributed by atoms with E-state index in [9.17, 15) is 8.42 Å². The molecule has 2 aromatic heterocycles. The number of oxime groups is 1. The largest absolute Gasteiger partial charge is 0.409 e. The second kappa shape index (κ2) is 5.09. The molecule has 108 valence electrons. The van der Waals surface area contributed by atoms with Gasteiger partial charge in [-0.25, -0.2) is 13.4 Å². The van der Waals surface area contributed by atoms with E-state index < -0.39 is 10.0 Å². The standard InChI is InChI=1S/C9H12N6O3S2/c1-5-11-4-7(19-5)20(17,18)14-9-6(8(10)13-16)3-12-15(9)2/h3-4,14,16H,1-2H3,(H2,10,13). The number of hydrogen-bond acceptors (Lipinski definition) is 7. The number of hydrogen-bond donors (Lipinski definition) is 3. The molecule has 0 aliphatic heterocycles. The van der Waals surface area contributed by atoms with Crippen molar-refractivity contribution in [1.29, 1.82) is 0 Å². The summed E-state index contributed by atoms with van der Waals surface area (Å²) in [4.78, 5) is 3.90. The second-order valence-corrected chi connectivity index (χ2v) is 6.96. The van der Waals surface area contributed by atoms with E-state index in [4.69, 9.17) is 10.9 Å². The SMILES string of the molecule is Cc1ncc(S(=O)(=O)Nc2c(/C(N)=N/O)cnn2C)s1. The van der Waals surface area contributed by atoms with Crippen molar-refractivity contribution >= 4 is 33.0 Å². The molecule has 0 spiro atoms. The number of amidine groups is 1. The lowest BCUT2D eigenvalue weighted by atomic mass is 10.3. The zero-order valence-electron chi connectivity index (χ0n) is 10.6. The minimum Gasteiger partial charge on any atom is -0.409 e. The predicted molar refractivity (Wildman–Crippen MR) is 73.4 cm³/mol. The Morgan fingerprint density at radius 3 is 2.80 bits per heavy atom. The molecular formula is C9H12N6O3S2. The second-order valence-electron chi connectivity index (χ2n) is 3.82. The number of anilines is 1. The molecule has 4 N–H and O–H groups in total. The fraction of sp³-hybridized carbons (Fsp3) is 0.222. The van der Waals surface area contributed by atoms with Gasteiger partial charge < -0.3 is 10.9 Å². The van der Waals surface area contributed by atoms with Crippen LogP contribution < -0.4 is 10.5 Å². The van der Waals surface area contributed by atoms with Crippen LogP contribution in [0.4, 0.5) is 5.82 Å². The summed E-state index contributed by atoms with van der Waals surface area (Å²) in [6.45, 7) is 1.70. The van der Waals surface area contributed by atoms with Crippen molar-refractivity contribution in [3.8, 4) is 0 Å². The number of nitrogens with two attached hydrogens (primary N) is 1. The van der Waals surface area contributed by atoms with Crippen molar-refractivity contribution in [3.63, 3.8) is 0 Å². The number of aromatic nitrogens is 3. The van der Waals surface area contributed by atoms with Crippen molar-refractivity contribution in [3.05, 3.63) is 23.0 Å². The lowest BCUT2D eigenvalue weighted by molar-refractivity contribution is 0.318. The Balaban J connectivity index is 2.42. The molecule has 2 aromatic rings. The summed E-state index contributed by atoms with van der Waals surface area (Å²) in [6, 6.07) is 0. The molecule has 0 bridgehead atoms. The first-order chi connectivity index (χ1) is 9.35. The Morgan fingerprint density at radius 2 is 2.25 bits per heavy atom. The van der Waals surface area contributed by atoms with Crippen LogP contribution in [-0.2, 0) is 17.1 Å². The smallest absolute Gasteiger partial charge is 0.274 e. The third-order valence-electron chi connectivity index (χ3n) is 2.42. The Bertz CT molecular complexity index is 760. The zero-order chi connectivity index (χ0) is 14.9. The van der Waals surface area contributed by atoms with Gasteiger partial charge in [-0.05, 0) is 6.92 Å². The van der Waals surface area contributed by atoms with Gasteiger partial charge in [-0.3, -0.25) is 9.40 Å². The van der Waals surface area contributed by atoms with Crippen molar-refractivity contribution in [2.45, 2.75) is 11.1 Å². The number of sulfonamides is 1. The van der Waals surface area contributed by atoms with Crippen LogP contribution in [-0.4, -0.2) is 34.2 Å². The first kappa shape index (κ1) is 14.3. The van der Waals surface area contributed by atoms with Gasteiger partial charge >= 0.3 is 0 Å². The summed E-state index contributed by atoms with van der Waals surface area (Å²) in [7, 11) is -2.26. The van der Waals surface area contributed by atoms with Gasteiger partial charge in [0.05, 0.1) is 23.0 Å². The lowest BCUT2D eigenvalue weighted by Gasteiger charge is -2.08. The highest BCUT2D eigenvalue weighted by Gasteiger charge is 2.22. The molecule has 2 heterocycles. The maximum atomic E-state index is 12.2. The van der Waals surface area contributed by atoms with Gasteiger partial charge in [0.25, 0.3) is 10.0 Å². The molecule has 0 fully saturated rings. The molecule has 0 saturated heterocycles. The molecule has 0 aromatic carbocycles.